The Morgan fingerprint density at radius 1 is 1.27 bits per heavy atom. The monoisotopic (exact) mass is 405 g/mol. The summed E-state index contributed by atoms with van der Waals surface area (Å²) < 4.78 is 5.35. The van der Waals surface area contributed by atoms with Crippen molar-refractivity contribution in [3.05, 3.63) is 29.8 Å². The number of nitrogens with zero attached hydrogens (tertiary/aromatic N) is 1. The molecule has 150 valence electrons. The molecule has 1 aromatic carbocycles. The third-order valence-corrected chi connectivity index (χ3v) is 4.59. The Hall–Kier alpha value is -1.01. The summed E-state index contributed by atoms with van der Waals surface area (Å²) in [5, 5.41) is 3.05. The number of benzene rings is 1. The topological polar surface area (TPSA) is 67.6 Å². The van der Waals surface area contributed by atoms with Crippen molar-refractivity contribution in [1.29, 1.82) is 0 Å². The molecule has 0 aliphatic carbocycles. The molecular formula is C19H33Cl2N3O2. The zero-order chi connectivity index (χ0) is 17.5. The minimum absolute atomic E-state index is 0. The zero-order valence-corrected chi connectivity index (χ0v) is 17.6. The van der Waals surface area contributed by atoms with E-state index in [1.165, 1.54) is 18.4 Å². The van der Waals surface area contributed by atoms with Gasteiger partial charge in [0.1, 0.15) is 5.75 Å². The summed E-state index contributed by atoms with van der Waals surface area (Å²) in [5.74, 6) is 1.20. The smallest absolute Gasteiger partial charge is 0.236 e. The summed E-state index contributed by atoms with van der Waals surface area (Å²) in [6, 6.07) is 7.84. The molecule has 2 rings (SSSR count). The molecule has 5 nitrogen and oxygen atoms in total. The van der Waals surface area contributed by atoms with Crippen molar-refractivity contribution in [2.75, 3.05) is 26.7 Å². The number of nitrogens with two attached hydrogens (primary N) is 1. The van der Waals surface area contributed by atoms with E-state index in [1.807, 2.05) is 12.1 Å². The van der Waals surface area contributed by atoms with E-state index >= 15 is 0 Å². The molecule has 1 fully saturated rings. The van der Waals surface area contributed by atoms with Crippen LogP contribution in [0, 0.1) is 5.92 Å². The van der Waals surface area contributed by atoms with Crippen LogP contribution in [0.1, 0.15) is 44.7 Å². The van der Waals surface area contributed by atoms with Gasteiger partial charge >= 0.3 is 0 Å². The number of hydrogen-bond acceptors (Lipinski definition) is 4. The maximum absolute atomic E-state index is 12.3. The highest BCUT2D eigenvalue weighted by Gasteiger charge is 2.25. The third kappa shape index (κ3) is 7.31. The van der Waals surface area contributed by atoms with Gasteiger partial charge in [-0.05, 0) is 56.0 Å². The molecule has 2 atom stereocenters. The van der Waals surface area contributed by atoms with Gasteiger partial charge in [0.05, 0.1) is 19.2 Å². The predicted molar refractivity (Wildman–Crippen MR) is 111 cm³/mol. The lowest BCUT2D eigenvalue weighted by Gasteiger charge is -2.29. The Morgan fingerprint density at radius 2 is 1.92 bits per heavy atom. The van der Waals surface area contributed by atoms with Gasteiger partial charge < -0.3 is 15.8 Å². The first-order chi connectivity index (χ1) is 11.5. The van der Waals surface area contributed by atoms with Gasteiger partial charge in [0.25, 0.3) is 0 Å². The first-order valence-corrected chi connectivity index (χ1v) is 8.92. The van der Waals surface area contributed by atoms with Crippen molar-refractivity contribution in [3.63, 3.8) is 0 Å². The average Bonchev–Trinajstić information content (AvgIpc) is 3.08. The molecule has 0 spiro atoms. The van der Waals surface area contributed by atoms with Crippen LogP contribution < -0.4 is 15.8 Å². The van der Waals surface area contributed by atoms with Gasteiger partial charge in [-0.25, -0.2) is 0 Å². The molecule has 3 N–H and O–H groups in total. The molecule has 26 heavy (non-hydrogen) atoms. The first-order valence-electron chi connectivity index (χ1n) is 8.92. The van der Waals surface area contributed by atoms with E-state index in [0.29, 0.717) is 18.9 Å². The van der Waals surface area contributed by atoms with Crippen molar-refractivity contribution in [1.82, 2.24) is 10.2 Å². The summed E-state index contributed by atoms with van der Waals surface area (Å²) >= 11 is 0. The maximum atomic E-state index is 12.3. The summed E-state index contributed by atoms with van der Waals surface area (Å²) in [4.78, 5) is 14.7. The van der Waals surface area contributed by atoms with Crippen LogP contribution in [0.15, 0.2) is 24.3 Å². The molecule has 1 heterocycles. The summed E-state index contributed by atoms with van der Waals surface area (Å²) in [5.41, 5.74) is 7.17. The van der Waals surface area contributed by atoms with Gasteiger partial charge in [-0.2, -0.15) is 0 Å². The molecule has 0 bridgehead atoms. The third-order valence-electron chi connectivity index (χ3n) is 4.59. The zero-order valence-electron chi connectivity index (χ0n) is 15.9. The molecule has 0 radical (unpaired) electrons. The fourth-order valence-electron chi connectivity index (χ4n) is 3.30. The predicted octanol–water partition coefficient (Wildman–Crippen LogP) is 3.17. The van der Waals surface area contributed by atoms with Crippen molar-refractivity contribution in [3.8, 4) is 5.75 Å². The Balaban J connectivity index is 0.00000312. The standard InChI is InChI=1S/C19H31N3O2.2ClH/c1-14(2)11-17(20)19(23)21-13-18(22-9-4-5-10-22)15-7-6-8-16(12-15)24-3;;/h6-8,12,14,17-18H,4-5,9-11,13,20H2,1-3H3,(H,21,23);2*1H/t17-,18?;;/m0../s1. The number of likely N-dealkylation sites (tertiary alicyclic amines) is 1. The van der Waals surface area contributed by atoms with E-state index in [9.17, 15) is 4.79 Å². The largest absolute Gasteiger partial charge is 0.497 e. The normalized spacial score (nSPS) is 16.3. The van der Waals surface area contributed by atoms with E-state index in [4.69, 9.17) is 10.5 Å². The lowest BCUT2D eigenvalue weighted by Crippen LogP contribution is -2.45. The Kier molecular flexibility index (Phi) is 11.9. The van der Waals surface area contributed by atoms with Gasteiger partial charge in [0.2, 0.25) is 5.91 Å². The number of nitrogens with one attached hydrogen (secondary N) is 1. The van der Waals surface area contributed by atoms with Crippen LogP contribution in [-0.2, 0) is 4.79 Å². The number of methoxy groups -OCH3 is 1. The van der Waals surface area contributed by atoms with Crippen LogP contribution >= 0.6 is 24.8 Å². The number of halogens is 2. The van der Waals surface area contributed by atoms with E-state index < -0.39 is 6.04 Å². The second kappa shape index (κ2) is 12.4. The number of carbonyl (C=O) groups is 1. The van der Waals surface area contributed by atoms with Crippen LogP contribution in [0.3, 0.4) is 0 Å². The van der Waals surface area contributed by atoms with E-state index in [0.717, 1.165) is 18.8 Å². The van der Waals surface area contributed by atoms with E-state index in [2.05, 4.69) is 36.2 Å². The SMILES string of the molecule is COc1cccc(C(CNC(=O)[C@@H](N)CC(C)C)N2CCCC2)c1.Cl.Cl. The molecule has 1 saturated heterocycles. The summed E-state index contributed by atoms with van der Waals surface area (Å²) in [7, 11) is 1.68. The first kappa shape index (κ1) is 25.0. The highest BCUT2D eigenvalue weighted by atomic mass is 35.5. The molecular weight excluding hydrogens is 373 g/mol. The molecule has 0 saturated carbocycles. The van der Waals surface area contributed by atoms with Gasteiger partial charge in [-0.3, -0.25) is 9.69 Å². The summed E-state index contributed by atoms with van der Waals surface area (Å²) in [6.07, 6.45) is 3.13. The van der Waals surface area contributed by atoms with E-state index in [-0.39, 0.29) is 36.8 Å². The molecule has 7 heteroatoms. The Bertz CT molecular complexity index is 537. The second-order valence-electron chi connectivity index (χ2n) is 7.02. The highest BCUT2D eigenvalue weighted by Crippen LogP contribution is 2.27. The van der Waals surface area contributed by atoms with E-state index in [1.54, 1.807) is 7.11 Å². The van der Waals surface area contributed by atoms with Crippen LogP contribution in [0.2, 0.25) is 0 Å². The number of rotatable bonds is 8. The van der Waals surface area contributed by atoms with Gasteiger partial charge in [-0.15, -0.1) is 24.8 Å². The van der Waals surface area contributed by atoms with Gasteiger partial charge in [0, 0.05) is 6.54 Å². The number of ether oxygens (including phenoxy) is 1. The van der Waals surface area contributed by atoms with Crippen molar-refractivity contribution in [2.24, 2.45) is 11.7 Å². The van der Waals surface area contributed by atoms with Crippen LogP contribution in [0.5, 0.6) is 5.75 Å². The van der Waals surface area contributed by atoms with Crippen molar-refractivity contribution >= 4 is 30.7 Å². The number of carbonyl (C=O) groups excluding carboxylic acids is 1. The molecule has 1 amide bonds. The fraction of sp³-hybridized carbons (Fsp3) is 0.632. The maximum Gasteiger partial charge on any atom is 0.236 e. The molecule has 1 unspecified atom stereocenters. The van der Waals surface area contributed by atoms with Crippen LogP contribution in [-0.4, -0.2) is 43.6 Å². The molecule has 1 aromatic rings. The molecule has 1 aliphatic heterocycles. The minimum Gasteiger partial charge on any atom is -0.497 e. The summed E-state index contributed by atoms with van der Waals surface area (Å²) in [6.45, 7) is 6.87. The Morgan fingerprint density at radius 3 is 2.50 bits per heavy atom. The van der Waals surface area contributed by atoms with Crippen molar-refractivity contribution in [2.45, 2.75) is 45.2 Å². The lowest BCUT2D eigenvalue weighted by atomic mass is 10.0. The fourth-order valence-corrected chi connectivity index (χ4v) is 3.30. The quantitative estimate of drug-likeness (QED) is 0.696. The number of amides is 1. The lowest BCUT2D eigenvalue weighted by molar-refractivity contribution is -0.122. The van der Waals surface area contributed by atoms with Crippen molar-refractivity contribution < 1.29 is 9.53 Å². The minimum atomic E-state index is -0.436. The molecule has 1 aliphatic rings. The van der Waals surface area contributed by atoms with Gasteiger partial charge in [-0.1, -0.05) is 26.0 Å². The van der Waals surface area contributed by atoms with Crippen LogP contribution in [0.4, 0.5) is 0 Å². The average molecular weight is 406 g/mol. The van der Waals surface area contributed by atoms with Gasteiger partial charge in [0.15, 0.2) is 0 Å². The second-order valence-corrected chi connectivity index (χ2v) is 7.02. The molecule has 0 aromatic heterocycles. The number of hydrogen-bond donors (Lipinski definition) is 2. The van der Waals surface area contributed by atoms with Crippen LogP contribution in [0.25, 0.3) is 0 Å². The Labute approximate surface area is 169 Å². The highest BCUT2D eigenvalue weighted by molar-refractivity contribution is 5.85.